The third kappa shape index (κ3) is 3.84. The highest BCUT2D eigenvalue weighted by Crippen LogP contribution is 2.26. The number of nitrogens with zero attached hydrogens (tertiary/aromatic N) is 2. The number of nitro benzene ring substituents is 1. The van der Waals surface area contributed by atoms with Crippen LogP contribution in [0.3, 0.4) is 0 Å². The fraction of sp³-hybridized carbons (Fsp3) is 0.188. The summed E-state index contributed by atoms with van der Waals surface area (Å²) >= 11 is 6.02. The molecule has 0 radical (unpaired) electrons. The van der Waals surface area contributed by atoms with Gasteiger partial charge in [-0.1, -0.05) is 18.5 Å². The van der Waals surface area contributed by atoms with Crippen molar-refractivity contribution >= 4 is 28.9 Å². The Hall–Kier alpha value is -2.47. The summed E-state index contributed by atoms with van der Waals surface area (Å²) in [5.41, 5.74) is 0.327. The van der Waals surface area contributed by atoms with E-state index >= 15 is 0 Å². The molecule has 0 unspecified atom stereocenters. The highest BCUT2D eigenvalue weighted by molar-refractivity contribution is 6.34. The molecule has 0 aromatic heterocycles. The number of anilines is 1. The predicted molar refractivity (Wildman–Crippen MR) is 86.5 cm³/mol. The Bertz CT molecular complexity index is 735. The molecule has 0 N–H and O–H groups in total. The predicted octanol–water partition coefficient (Wildman–Crippen LogP) is 4.44. The van der Waals surface area contributed by atoms with Crippen molar-refractivity contribution in [3.05, 3.63) is 69.0 Å². The van der Waals surface area contributed by atoms with Crippen LogP contribution in [-0.2, 0) is 0 Å². The van der Waals surface area contributed by atoms with E-state index < -0.39 is 16.6 Å². The summed E-state index contributed by atoms with van der Waals surface area (Å²) < 4.78 is 13.1. The molecule has 0 spiro atoms. The van der Waals surface area contributed by atoms with Gasteiger partial charge in [-0.15, -0.1) is 0 Å². The van der Waals surface area contributed by atoms with Crippen molar-refractivity contribution in [1.29, 1.82) is 0 Å². The average molecular weight is 337 g/mol. The van der Waals surface area contributed by atoms with Crippen molar-refractivity contribution in [3.8, 4) is 0 Å². The molecule has 0 fully saturated rings. The first-order chi connectivity index (χ1) is 10.9. The van der Waals surface area contributed by atoms with Crippen LogP contribution < -0.4 is 4.90 Å². The lowest BCUT2D eigenvalue weighted by atomic mass is 10.1. The Morgan fingerprint density at radius 1 is 1.26 bits per heavy atom. The molecule has 1 amide bonds. The zero-order valence-electron chi connectivity index (χ0n) is 12.3. The van der Waals surface area contributed by atoms with Gasteiger partial charge in [-0.3, -0.25) is 14.9 Å². The van der Waals surface area contributed by atoms with Crippen molar-refractivity contribution in [3.63, 3.8) is 0 Å². The number of rotatable bonds is 5. The van der Waals surface area contributed by atoms with Crippen LogP contribution in [0.1, 0.15) is 23.7 Å². The van der Waals surface area contributed by atoms with Crippen molar-refractivity contribution in [1.82, 2.24) is 0 Å². The lowest BCUT2D eigenvalue weighted by Crippen LogP contribution is -2.32. The van der Waals surface area contributed by atoms with Gasteiger partial charge in [0, 0.05) is 24.4 Å². The maximum Gasteiger partial charge on any atom is 0.270 e. The molecule has 2 aromatic carbocycles. The molecule has 2 aromatic rings. The molecule has 120 valence electrons. The van der Waals surface area contributed by atoms with Crippen LogP contribution >= 0.6 is 11.6 Å². The molecule has 0 saturated carbocycles. The number of hydrogen-bond acceptors (Lipinski definition) is 3. The summed E-state index contributed by atoms with van der Waals surface area (Å²) in [6.45, 7) is 2.27. The molecule has 0 aliphatic rings. The van der Waals surface area contributed by atoms with Gasteiger partial charge in [0.1, 0.15) is 5.82 Å². The topological polar surface area (TPSA) is 63.5 Å². The first kappa shape index (κ1) is 16.9. The van der Waals surface area contributed by atoms with E-state index in [1.54, 1.807) is 0 Å². The van der Waals surface area contributed by atoms with Crippen LogP contribution in [-0.4, -0.2) is 17.4 Å². The fourth-order valence-electron chi connectivity index (χ4n) is 2.13. The van der Waals surface area contributed by atoms with Crippen LogP contribution in [0.4, 0.5) is 15.8 Å². The smallest absolute Gasteiger partial charge is 0.270 e. The molecule has 7 heteroatoms. The van der Waals surface area contributed by atoms with E-state index in [-0.39, 0.29) is 16.3 Å². The molecule has 5 nitrogen and oxygen atoms in total. The molecule has 0 atom stereocenters. The lowest BCUT2D eigenvalue weighted by molar-refractivity contribution is -0.384. The molecule has 0 bridgehead atoms. The number of carbonyl (C=O) groups excluding carboxylic acids is 1. The number of nitro groups is 1. The first-order valence-corrected chi connectivity index (χ1v) is 7.33. The van der Waals surface area contributed by atoms with E-state index in [1.807, 2.05) is 6.92 Å². The van der Waals surface area contributed by atoms with Gasteiger partial charge >= 0.3 is 0 Å². The van der Waals surface area contributed by atoms with E-state index in [0.717, 1.165) is 6.07 Å². The van der Waals surface area contributed by atoms with E-state index in [1.165, 1.54) is 41.3 Å². The number of amides is 1. The van der Waals surface area contributed by atoms with Gasteiger partial charge in [-0.2, -0.15) is 0 Å². The van der Waals surface area contributed by atoms with Gasteiger partial charge in [-0.25, -0.2) is 4.39 Å². The summed E-state index contributed by atoms with van der Waals surface area (Å²) in [4.78, 5) is 24.5. The Labute approximate surface area is 137 Å². The number of halogens is 2. The van der Waals surface area contributed by atoms with Gasteiger partial charge in [0.25, 0.3) is 11.6 Å². The minimum atomic E-state index is -0.588. The second kappa shape index (κ2) is 7.19. The SMILES string of the molecule is CCCN(C(=O)c1cc([N+](=O)[O-])ccc1Cl)c1ccc(F)cc1. The molecule has 0 heterocycles. The third-order valence-corrected chi connectivity index (χ3v) is 3.55. The summed E-state index contributed by atoms with van der Waals surface area (Å²) in [7, 11) is 0. The Morgan fingerprint density at radius 2 is 1.91 bits per heavy atom. The second-order valence-electron chi connectivity index (χ2n) is 4.85. The van der Waals surface area contributed by atoms with Crippen LogP contribution in [0.5, 0.6) is 0 Å². The van der Waals surface area contributed by atoms with Crippen molar-refractivity contribution in [2.75, 3.05) is 11.4 Å². The zero-order chi connectivity index (χ0) is 17.0. The number of benzene rings is 2. The van der Waals surface area contributed by atoms with Crippen LogP contribution in [0.25, 0.3) is 0 Å². The van der Waals surface area contributed by atoms with E-state index in [2.05, 4.69) is 0 Å². The van der Waals surface area contributed by atoms with Crippen LogP contribution in [0.2, 0.25) is 5.02 Å². The largest absolute Gasteiger partial charge is 0.308 e. The van der Waals surface area contributed by atoms with Crippen molar-refractivity contribution in [2.45, 2.75) is 13.3 Å². The van der Waals surface area contributed by atoms with Crippen LogP contribution in [0.15, 0.2) is 42.5 Å². The first-order valence-electron chi connectivity index (χ1n) is 6.95. The quantitative estimate of drug-likeness (QED) is 0.598. The number of hydrogen-bond donors (Lipinski definition) is 0. The molecule has 0 aliphatic carbocycles. The van der Waals surface area contributed by atoms with E-state index in [0.29, 0.717) is 18.7 Å². The highest BCUT2D eigenvalue weighted by Gasteiger charge is 2.22. The maximum atomic E-state index is 13.1. The molecular weight excluding hydrogens is 323 g/mol. The Morgan fingerprint density at radius 3 is 2.48 bits per heavy atom. The zero-order valence-corrected chi connectivity index (χ0v) is 13.1. The standard InChI is InChI=1S/C16H14ClFN2O3/c1-2-9-19(12-5-3-11(18)4-6-12)16(21)14-10-13(20(22)23)7-8-15(14)17/h3-8,10H,2,9H2,1H3. The second-order valence-corrected chi connectivity index (χ2v) is 5.26. The maximum absolute atomic E-state index is 13.1. The minimum absolute atomic E-state index is 0.0404. The van der Waals surface area contributed by atoms with Gasteiger partial charge in [0.05, 0.1) is 15.5 Å². The van der Waals surface area contributed by atoms with E-state index in [4.69, 9.17) is 11.6 Å². The lowest BCUT2D eigenvalue weighted by Gasteiger charge is -2.22. The van der Waals surface area contributed by atoms with E-state index in [9.17, 15) is 19.3 Å². The number of carbonyl (C=O) groups is 1. The van der Waals surface area contributed by atoms with Gasteiger partial charge in [-0.05, 0) is 36.8 Å². The summed E-state index contributed by atoms with van der Waals surface area (Å²) in [5, 5.41) is 11.0. The van der Waals surface area contributed by atoms with Gasteiger partial charge in [0.2, 0.25) is 0 Å². The average Bonchev–Trinajstić information content (AvgIpc) is 2.53. The Balaban J connectivity index is 2.43. The fourth-order valence-corrected chi connectivity index (χ4v) is 2.33. The monoisotopic (exact) mass is 336 g/mol. The highest BCUT2D eigenvalue weighted by atomic mass is 35.5. The number of non-ortho nitro benzene ring substituents is 1. The summed E-state index contributed by atoms with van der Waals surface area (Å²) in [6, 6.07) is 9.17. The third-order valence-electron chi connectivity index (χ3n) is 3.22. The molecule has 2 rings (SSSR count). The van der Waals surface area contributed by atoms with Gasteiger partial charge < -0.3 is 4.90 Å². The molecule has 0 saturated heterocycles. The van der Waals surface area contributed by atoms with Crippen molar-refractivity contribution < 1.29 is 14.1 Å². The molecule has 23 heavy (non-hydrogen) atoms. The normalized spacial score (nSPS) is 10.4. The van der Waals surface area contributed by atoms with Crippen LogP contribution in [0, 0.1) is 15.9 Å². The minimum Gasteiger partial charge on any atom is -0.308 e. The van der Waals surface area contributed by atoms with Crippen molar-refractivity contribution in [2.24, 2.45) is 0 Å². The summed E-state index contributed by atoms with van der Waals surface area (Å²) in [5.74, 6) is -0.877. The van der Waals surface area contributed by atoms with Gasteiger partial charge in [0.15, 0.2) is 0 Å². The summed E-state index contributed by atoms with van der Waals surface area (Å²) in [6.07, 6.45) is 0.662. The Kier molecular flexibility index (Phi) is 5.28. The molecular formula is C16H14ClFN2O3. The molecule has 0 aliphatic heterocycles.